The Morgan fingerprint density at radius 3 is 3.00 bits per heavy atom. The van der Waals surface area contributed by atoms with Crippen LogP contribution in [-0.4, -0.2) is 24.0 Å². The molecule has 1 aromatic carbocycles. The number of phenols is 1. The summed E-state index contributed by atoms with van der Waals surface area (Å²) in [4.78, 5) is 0. The number of hydrogen-bond donors (Lipinski definition) is 2. The van der Waals surface area contributed by atoms with Gasteiger partial charge in [0.1, 0.15) is 11.9 Å². The van der Waals surface area contributed by atoms with Crippen LogP contribution in [0.25, 0.3) is 0 Å². The van der Waals surface area contributed by atoms with E-state index in [1.807, 2.05) is 13.0 Å². The Bertz CT molecular complexity index is 355. The third-order valence-corrected chi connectivity index (χ3v) is 2.54. The molecule has 1 fully saturated rings. The Morgan fingerprint density at radius 2 is 2.40 bits per heavy atom. The number of rotatable bonds is 2. The molecule has 15 heavy (non-hydrogen) atoms. The molecule has 0 bridgehead atoms. The molecule has 4 heteroatoms. The lowest BCUT2D eigenvalue weighted by Gasteiger charge is -2.20. The molecular formula is C11H15NO3. The summed E-state index contributed by atoms with van der Waals surface area (Å²) in [5.41, 5.74) is 6.45. The van der Waals surface area contributed by atoms with Crippen molar-refractivity contribution >= 4 is 0 Å². The summed E-state index contributed by atoms with van der Waals surface area (Å²) < 4.78 is 11.1. The predicted octanol–water partition coefficient (Wildman–Crippen LogP) is 1.15. The number of ether oxygens (including phenoxy) is 2. The molecule has 0 amide bonds. The summed E-state index contributed by atoms with van der Waals surface area (Å²) in [5.74, 6) is -0.465. The highest BCUT2D eigenvalue weighted by Crippen LogP contribution is 2.33. The first-order chi connectivity index (χ1) is 7.13. The van der Waals surface area contributed by atoms with Gasteiger partial charge in [0.05, 0.1) is 6.61 Å². The first kappa shape index (κ1) is 10.4. The maximum Gasteiger partial charge on any atom is 0.178 e. The van der Waals surface area contributed by atoms with Crippen molar-refractivity contribution in [2.24, 2.45) is 5.73 Å². The van der Waals surface area contributed by atoms with E-state index in [9.17, 15) is 5.11 Å². The third-order valence-electron chi connectivity index (χ3n) is 2.54. The fraction of sp³-hybridized carbons (Fsp3) is 0.455. The smallest absolute Gasteiger partial charge is 0.178 e. The van der Waals surface area contributed by atoms with Crippen LogP contribution in [0.5, 0.6) is 5.75 Å². The molecule has 0 aliphatic carbocycles. The molecule has 82 valence electrons. The molecule has 2 rings (SSSR count). The number of nitrogens with two attached hydrogens (primary N) is 1. The molecule has 0 aromatic heterocycles. The van der Waals surface area contributed by atoms with Crippen molar-refractivity contribution in [3.63, 3.8) is 0 Å². The van der Waals surface area contributed by atoms with E-state index >= 15 is 0 Å². The van der Waals surface area contributed by atoms with Gasteiger partial charge in [-0.1, -0.05) is 12.1 Å². The molecule has 0 spiro atoms. The topological polar surface area (TPSA) is 64.7 Å². The lowest BCUT2D eigenvalue weighted by atomic mass is 10.1. The van der Waals surface area contributed by atoms with Crippen LogP contribution in [0.2, 0.25) is 0 Å². The molecule has 1 saturated heterocycles. The van der Waals surface area contributed by atoms with Gasteiger partial charge in [-0.25, -0.2) is 0 Å². The Morgan fingerprint density at radius 1 is 1.60 bits per heavy atom. The van der Waals surface area contributed by atoms with E-state index in [0.29, 0.717) is 13.2 Å². The van der Waals surface area contributed by atoms with Crippen LogP contribution in [0.15, 0.2) is 24.3 Å². The average Bonchev–Trinajstić information content (AvgIpc) is 2.62. The maximum absolute atomic E-state index is 9.34. The molecule has 0 saturated carbocycles. The van der Waals surface area contributed by atoms with Crippen LogP contribution in [0, 0.1) is 0 Å². The van der Waals surface area contributed by atoms with Gasteiger partial charge in [-0.2, -0.15) is 0 Å². The maximum atomic E-state index is 9.34. The van der Waals surface area contributed by atoms with Crippen LogP contribution in [0.3, 0.4) is 0 Å². The number of aromatic hydroxyl groups is 1. The van der Waals surface area contributed by atoms with Gasteiger partial charge >= 0.3 is 0 Å². The molecule has 1 aliphatic heterocycles. The zero-order chi connectivity index (χ0) is 10.9. The fourth-order valence-corrected chi connectivity index (χ4v) is 1.62. The molecule has 2 unspecified atom stereocenters. The van der Waals surface area contributed by atoms with Crippen molar-refractivity contribution in [1.29, 1.82) is 0 Å². The summed E-state index contributed by atoms with van der Waals surface area (Å²) in [6.45, 7) is 2.61. The zero-order valence-electron chi connectivity index (χ0n) is 8.64. The van der Waals surface area contributed by atoms with Crippen LogP contribution in [-0.2, 0) is 9.47 Å². The van der Waals surface area contributed by atoms with Gasteiger partial charge in [0, 0.05) is 6.54 Å². The van der Waals surface area contributed by atoms with Gasteiger partial charge in [-0.3, -0.25) is 0 Å². The molecule has 0 radical (unpaired) electrons. The standard InChI is InChI=1S/C11H15NO3/c1-11(7-12)14-6-10(15-11)8-3-2-4-9(13)5-8/h2-5,10,13H,6-7,12H2,1H3. The first-order valence-electron chi connectivity index (χ1n) is 4.94. The lowest BCUT2D eigenvalue weighted by molar-refractivity contribution is -0.145. The summed E-state index contributed by atoms with van der Waals surface area (Å²) in [6, 6.07) is 6.99. The molecule has 3 N–H and O–H groups in total. The normalized spacial score (nSPS) is 30.7. The monoisotopic (exact) mass is 209 g/mol. The number of benzene rings is 1. The Labute approximate surface area is 88.6 Å². The summed E-state index contributed by atoms with van der Waals surface area (Å²) in [6.07, 6.45) is -0.148. The number of phenolic OH excluding ortho intramolecular Hbond substituents is 1. The Hall–Kier alpha value is -1.10. The van der Waals surface area contributed by atoms with E-state index in [1.165, 1.54) is 0 Å². The molecule has 1 aromatic rings. The van der Waals surface area contributed by atoms with Gasteiger partial charge < -0.3 is 20.3 Å². The minimum absolute atomic E-state index is 0.148. The SMILES string of the molecule is CC1(CN)OCC(c2cccc(O)c2)O1. The van der Waals surface area contributed by atoms with Gasteiger partial charge in [0.25, 0.3) is 0 Å². The van der Waals surface area contributed by atoms with Crippen LogP contribution >= 0.6 is 0 Å². The quantitative estimate of drug-likeness (QED) is 0.767. The summed E-state index contributed by atoms with van der Waals surface area (Å²) in [5, 5.41) is 9.34. The van der Waals surface area contributed by atoms with Crippen LogP contribution in [0.4, 0.5) is 0 Å². The second kappa shape index (κ2) is 3.81. The molecule has 1 heterocycles. The predicted molar refractivity (Wildman–Crippen MR) is 55.3 cm³/mol. The van der Waals surface area contributed by atoms with Gasteiger partial charge in [0.15, 0.2) is 5.79 Å². The second-order valence-corrected chi connectivity index (χ2v) is 3.85. The van der Waals surface area contributed by atoms with Crippen molar-refractivity contribution < 1.29 is 14.6 Å². The Kier molecular flexibility index (Phi) is 2.65. The van der Waals surface area contributed by atoms with Gasteiger partial charge in [-0.15, -0.1) is 0 Å². The highest BCUT2D eigenvalue weighted by molar-refractivity contribution is 5.29. The minimum atomic E-state index is -0.698. The van der Waals surface area contributed by atoms with Crippen molar-refractivity contribution in [2.75, 3.05) is 13.2 Å². The van der Waals surface area contributed by atoms with E-state index < -0.39 is 5.79 Å². The largest absolute Gasteiger partial charge is 0.508 e. The average molecular weight is 209 g/mol. The molecule has 2 atom stereocenters. The zero-order valence-corrected chi connectivity index (χ0v) is 8.64. The Balaban J connectivity index is 2.14. The molecule has 1 aliphatic rings. The lowest BCUT2D eigenvalue weighted by Crippen LogP contribution is -2.35. The van der Waals surface area contributed by atoms with E-state index in [2.05, 4.69) is 0 Å². The van der Waals surface area contributed by atoms with E-state index in [1.54, 1.807) is 18.2 Å². The van der Waals surface area contributed by atoms with Crippen LogP contribution < -0.4 is 5.73 Å². The van der Waals surface area contributed by atoms with E-state index in [-0.39, 0.29) is 11.9 Å². The third kappa shape index (κ3) is 2.12. The molecule has 4 nitrogen and oxygen atoms in total. The molecular weight excluding hydrogens is 194 g/mol. The highest BCUT2D eigenvalue weighted by atomic mass is 16.7. The minimum Gasteiger partial charge on any atom is -0.508 e. The second-order valence-electron chi connectivity index (χ2n) is 3.85. The van der Waals surface area contributed by atoms with Crippen molar-refractivity contribution in [2.45, 2.75) is 18.8 Å². The van der Waals surface area contributed by atoms with Gasteiger partial charge in [0.2, 0.25) is 0 Å². The van der Waals surface area contributed by atoms with E-state index in [0.717, 1.165) is 5.56 Å². The fourth-order valence-electron chi connectivity index (χ4n) is 1.62. The van der Waals surface area contributed by atoms with E-state index in [4.69, 9.17) is 15.2 Å². The first-order valence-corrected chi connectivity index (χ1v) is 4.94. The summed E-state index contributed by atoms with van der Waals surface area (Å²) in [7, 11) is 0. The number of hydrogen-bond acceptors (Lipinski definition) is 4. The summed E-state index contributed by atoms with van der Waals surface area (Å²) >= 11 is 0. The van der Waals surface area contributed by atoms with Gasteiger partial charge in [-0.05, 0) is 24.6 Å². The highest BCUT2D eigenvalue weighted by Gasteiger charge is 2.36. The van der Waals surface area contributed by atoms with Crippen molar-refractivity contribution in [3.05, 3.63) is 29.8 Å². The van der Waals surface area contributed by atoms with Crippen molar-refractivity contribution in [1.82, 2.24) is 0 Å². The van der Waals surface area contributed by atoms with Crippen molar-refractivity contribution in [3.8, 4) is 5.75 Å². The van der Waals surface area contributed by atoms with Crippen LogP contribution in [0.1, 0.15) is 18.6 Å².